The first-order valence-corrected chi connectivity index (χ1v) is 7.14. The number of aryl methyl sites for hydroxylation is 1. The van der Waals surface area contributed by atoms with Crippen LogP contribution >= 0.6 is 23.7 Å². The van der Waals surface area contributed by atoms with Gasteiger partial charge in [-0.25, -0.2) is 4.98 Å². The van der Waals surface area contributed by atoms with Crippen LogP contribution in [-0.4, -0.2) is 34.9 Å². The molecule has 0 spiro atoms. The van der Waals surface area contributed by atoms with Crippen LogP contribution in [0.1, 0.15) is 36.6 Å². The van der Waals surface area contributed by atoms with Gasteiger partial charge in [0.15, 0.2) is 0 Å². The van der Waals surface area contributed by atoms with E-state index < -0.39 is 5.54 Å². The van der Waals surface area contributed by atoms with E-state index in [0.29, 0.717) is 13.0 Å². The van der Waals surface area contributed by atoms with Crippen LogP contribution in [0, 0.1) is 6.92 Å². The summed E-state index contributed by atoms with van der Waals surface area (Å²) in [6, 6.07) is 0. The van der Waals surface area contributed by atoms with E-state index in [0.717, 1.165) is 17.8 Å². The summed E-state index contributed by atoms with van der Waals surface area (Å²) in [5.41, 5.74) is 5.29. The lowest BCUT2D eigenvalue weighted by Crippen LogP contribution is -2.52. The third-order valence-corrected chi connectivity index (χ3v) is 3.91. The first-order valence-electron chi connectivity index (χ1n) is 6.32. The van der Waals surface area contributed by atoms with Crippen molar-refractivity contribution in [2.45, 2.75) is 45.6 Å². The van der Waals surface area contributed by atoms with E-state index in [4.69, 9.17) is 5.73 Å². The monoisotopic (exact) mass is 305 g/mol. The molecule has 0 saturated carbocycles. The fourth-order valence-electron chi connectivity index (χ4n) is 1.94. The predicted octanol–water partition coefficient (Wildman–Crippen LogP) is 2.39. The number of thiazole rings is 1. The van der Waals surface area contributed by atoms with Gasteiger partial charge in [-0.2, -0.15) is 0 Å². The second-order valence-electron chi connectivity index (χ2n) is 5.01. The minimum absolute atomic E-state index is 0. The van der Waals surface area contributed by atoms with E-state index in [1.165, 1.54) is 4.88 Å². The molecule has 0 fully saturated rings. The molecular weight excluding hydrogens is 282 g/mol. The lowest BCUT2D eigenvalue weighted by molar-refractivity contribution is -0.135. The zero-order valence-electron chi connectivity index (χ0n) is 12.1. The molecule has 1 atom stereocenters. The van der Waals surface area contributed by atoms with E-state index in [1.807, 2.05) is 34.0 Å². The number of amides is 1. The summed E-state index contributed by atoms with van der Waals surface area (Å²) in [6.07, 6.45) is 4.29. The molecule has 6 heteroatoms. The third kappa shape index (κ3) is 5.47. The lowest BCUT2D eigenvalue weighted by atomic mass is 9.96. The molecule has 1 rings (SSSR count). The van der Waals surface area contributed by atoms with Crippen molar-refractivity contribution >= 4 is 29.7 Å². The minimum Gasteiger partial charge on any atom is -0.344 e. The topological polar surface area (TPSA) is 59.2 Å². The van der Waals surface area contributed by atoms with Gasteiger partial charge < -0.3 is 10.6 Å². The van der Waals surface area contributed by atoms with Crippen molar-refractivity contribution in [3.63, 3.8) is 0 Å². The fourth-order valence-corrected chi connectivity index (χ4v) is 2.72. The molecule has 1 heterocycles. The highest BCUT2D eigenvalue weighted by Crippen LogP contribution is 2.14. The van der Waals surface area contributed by atoms with Gasteiger partial charge in [0, 0.05) is 31.1 Å². The lowest BCUT2D eigenvalue weighted by Gasteiger charge is -2.28. The van der Waals surface area contributed by atoms with Crippen LogP contribution in [0.25, 0.3) is 0 Å². The summed E-state index contributed by atoms with van der Waals surface area (Å²) in [4.78, 5) is 19.4. The van der Waals surface area contributed by atoms with Gasteiger partial charge in [-0.1, -0.05) is 13.3 Å². The molecule has 0 aliphatic heterocycles. The SMILES string of the molecule is CCCC(C)(N)C(=O)N(C)CCc1ncc(C)s1.Cl. The van der Waals surface area contributed by atoms with Gasteiger partial charge >= 0.3 is 0 Å². The number of aromatic nitrogens is 1. The number of likely N-dealkylation sites (N-methyl/N-ethyl adjacent to an activating group) is 1. The number of carbonyl (C=O) groups excluding carboxylic acids is 1. The molecule has 19 heavy (non-hydrogen) atoms. The average Bonchev–Trinajstić information content (AvgIpc) is 2.71. The summed E-state index contributed by atoms with van der Waals surface area (Å²) < 4.78 is 0. The van der Waals surface area contributed by atoms with E-state index >= 15 is 0 Å². The van der Waals surface area contributed by atoms with Gasteiger partial charge in [0.1, 0.15) is 0 Å². The van der Waals surface area contributed by atoms with Crippen molar-refractivity contribution in [2.24, 2.45) is 5.73 Å². The van der Waals surface area contributed by atoms with Crippen LogP contribution in [-0.2, 0) is 11.2 Å². The Morgan fingerprint density at radius 2 is 2.21 bits per heavy atom. The van der Waals surface area contributed by atoms with Gasteiger partial charge in [-0.3, -0.25) is 4.79 Å². The molecule has 0 aliphatic carbocycles. The Morgan fingerprint density at radius 3 is 2.68 bits per heavy atom. The zero-order chi connectivity index (χ0) is 13.8. The van der Waals surface area contributed by atoms with E-state index in [-0.39, 0.29) is 18.3 Å². The highest BCUT2D eigenvalue weighted by molar-refractivity contribution is 7.11. The van der Waals surface area contributed by atoms with Crippen LogP contribution in [0.4, 0.5) is 0 Å². The Balaban J connectivity index is 0.00000324. The van der Waals surface area contributed by atoms with Gasteiger partial charge in [0.2, 0.25) is 5.91 Å². The maximum atomic E-state index is 12.2. The summed E-state index contributed by atoms with van der Waals surface area (Å²) >= 11 is 1.68. The van der Waals surface area contributed by atoms with Gasteiger partial charge in [0.05, 0.1) is 10.5 Å². The van der Waals surface area contributed by atoms with Crippen LogP contribution in [0.2, 0.25) is 0 Å². The molecule has 1 aromatic rings. The fraction of sp³-hybridized carbons (Fsp3) is 0.692. The average molecular weight is 306 g/mol. The first kappa shape index (κ1) is 18.4. The molecule has 110 valence electrons. The Labute approximate surface area is 125 Å². The normalized spacial score (nSPS) is 13.5. The largest absolute Gasteiger partial charge is 0.344 e. The molecular formula is C13H24ClN3OS. The second-order valence-corrected chi connectivity index (χ2v) is 6.33. The quantitative estimate of drug-likeness (QED) is 0.878. The third-order valence-electron chi connectivity index (χ3n) is 2.93. The first-order chi connectivity index (χ1) is 8.36. The number of nitrogens with two attached hydrogens (primary N) is 1. The number of halogens is 1. The highest BCUT2D eigenvalue weighted by Gasteiger charge is 2.29. The smallest absolute Gasteiger partial charge is 0.242 e. The summed E-state index contributed by atoms with van der Waals surface area (Å²) in [7, 11) is 1.81. The molecule has 1 unspecified atom stereocenters. The Morgan fingerprint density at radius 1 is 1.58 bits per heavy atom. The van der Waals surface area contributed by atoms with Crippen molar-refractivity contribution in [3.8, 4) is 0 Å². The zero-order valence-corrected chi connectivity index (χ0v) is 13.7. The van der Waals surface area contributed by atoms with Crippen molar-refractivity contribution in [2.75, 3.05) is 13.6 Å². The maximum Gasteiger partial charge on any atom is 0.242 e. The molecule has 1 amide bonds. The van der Waals surface area contributed by atoms with Crippen molar-refractivity contribution in [1.29, 1.82) is 0 Å². The molecule has 4 nitrogen and oxygen atoms in total. The molecule has 0 saturated heterocycles. The summed E-state index contributed by atoms with van der Waals surface area (Å²) in [5, 5.41) is 1.07. The highest BCUT2D eigenvalue weighted by atomic mass is 35.5. The Hall–Kier alpha value is -0.650. The molecule has 0 bridgehead atoms. The molecule has 0 aromatic carbocycles. The van der Waals surface area contributed by atoms with Gasteiger partial charge in [-0.05, 0) is 20.3 Å². The number of rotatable bonds is 6. The standard InChI is InChI=1S/C13H23N3OS.ClH/c1-5-7-13(3,14)12(17)16(4)8-6-11-15-9-10(2)18-11;/h9H,5-8,14H2,1-4H3;1H. The van der Waals surface area contributed by atoms with Crippen LogP contribution < -0.4 is 5.73 Å². The molecule has 0 aliphatic rings. The van der Waals surface area contributed by atoms with Gasteiger partial charge in [0.25, 0.3) is 0 Å². The second kappa shape index (κ2) is 7.82. The van der Waals surface area contributed by atoms with Gasteiger partial charge in [-0.15, -0.1) is 23.7 Å². The summed E-state index contributed by atoms with van der Waals surface area (Å²) in [5.74, 6) is 0.0117. The predicted molar refractivity (Wildman–Crippen MR) is 82.9 cm³/mol. The Bertz CT molecular complexity index is 406. The number of carbonyl (C=O) groups is 1. The van der Waals surface area contributed by atoms with E-state index in [2.05, 4.69) is 4.98 Å². The maximum absolute atomic E-state index is 12.2. The molecule has 1 aromatic heterocycles. The number of hydrogen-bond donors (Lipinski definition) is 1. The number of nitrogens with zero attached hydrogens (tertiary/aromatic N) is 2. The van der Waals surface area contributed by atoms with E-state index in [9.17, 15) is 4.79 Å². The Kier molecular flexibility index (Phi) is 7.55. The van der Waals surface area contributed by atoms with Crippen LogP contribution in [0.15, 0.2) is 6.20 Å². The van der Waals surface area contributed by atoms with Crippen molar-refractivity contribution < 1.29 is 4.79 Å². The molecule has 0 radical (unpaired) electrons. The van der Waals surface area contributed by atoms with Crippen molar-refractivity contribution in [1.82, 2.24) is 9.88 Å². The molecule has 2 N–H and O–H groups in total. The summed E-state index contributed by atoms with van der Waals surface area (Å²) in [6.45, 7) is 6.55. The minimum atomic E-state index is -0.748. The van der Waals surface area contributed by atoms with Crippen LogP contribution in [0.3, 0.4) is 0 Å². The number of hydrogen-bond acceptors (Lipinski definition) is 4. The van der Waals surface area contributed by atoms with Crippen molar-refractivity contribution in [3.05, 3.63) is 16.1 Å². The van der Waals surface area contributed by atoms with E-state index in [1.54, 1.807) is 16.2 Å². The van der Waals surface area contributed by atoms with Crippen LogP contribution in [0.5, 0.6) is 0 Å².